The summed E-state index contributed by atoms with van der Waals surface area (Å²) in [5.41, 5.74) is 16.2. The van der Waals surface area contributed by atoms with Crippen LogP contribution in [0.3, 0.4) is 0 Å². The molecule has 1 atom stereocenters. The molecule has 1 aromatic heterocycles. The minimum Gasteiger partial charge on any atom is -0.310 e. The molecule has 12 rings (SSSR count). The number of nitrogens with zero attached hydrogens (tertiary/aromatic N) is 2. The van der Waals surface area contributed by atoms with Gasteiger partial charge in [0.25, 0.3) is 0 Å². The van der Waals surface area contributed by atoms with Gasteiger partial charge in [-0.2, -0.15) is 0 Å². The standard InChI is InChI=1S/C59H40N2/c1-4-19-42(20-5-1)49-26-12-15-29-54(49)59(44-22-6-2-7-23-44)55-30-16-13-27-50(55)51-36-34-47(39-56(51)59)60(46-33-32-41-18-10-11-21-43(41)38-46)48-35-37-53-52-28-14-17-31-57(52)61(58(53)40-48)45-24-8-3-9-25-45/h1-40H. The highest BCUT2D eigenvalue weighted by Gasteiger charge is 2.47. The molecule has 1 aliphatic carbocycles. The molecule has 2 nitrogen and oxygen atoms in total. The largest absolute Gasteiger partial charge is 0.310 e. The molecule has 0 saturated heterocycles. The van der Waals surface area contributed by atoms with Gasteiger partial charge in [-0.3, -0.25) is 0 Å². The van der Waals surface area contributed by atoms with E-state index in [0.29, 0.717) is 0 Å². The summed E-state index contributed by atoms with van der Waals surface area (Å²) in [5.74, 6) is 0. The molecule has 286 valence electrons. The summed E-state index contributed by atoms with van der Waals surface area (Å²) in [5, 5.41) is 4.89. The van der Waals surface area contributed by atoms with Gasteiger partial charge in [0, 0.05) is 33.5 Å². The fraction of sp³-hybridized carbons (Fsp3) is 0.0169. The molecule has 2 heteroatoms. The zero-order valence-electron chi connectivity index (χ0n) is 33.5. The molecular weight excluding hydrogens is 737 g/mol. The zero-order chi connectivity index (χ0) is 40.3. The molecule has 0 N–H and O–H groups in total. The Morgan fingerprint density at radius 1 is 0.328 bits per heavy atom. The van der Waals surface area contributed by atoms with Crippen LogP contribution in [-0.4, -0.2) is 4.57 Å². The number of hydrogen-bond acceptors (Lipinski definition) is 1. The molecule has 0 amide bonds. The molecule has 0 aliphatic heterocycles. The molecule has 11 aromatic rings. The zero-order valence-corrected chi connectivity index (χ0v) is 33.5. The van der Waals surface area contributed by atoms with Gasteiger partial charge in [0.05, 0.1) is 16.4 Å². The van der Waals surface area contributed by atoms with E-state index in [9.17, 15) is 0 Å². The van der Waals surface area contributed by atoms with Crippen LogP contribution in [0.1, 0.15) is 22.3 Å². The Kier molecular flexibility index (Phi) is 8.11. The highest BCUT2D eigenvalue weighted by atomic mass is 15.1. The van der Waals surface area contributed by atoms with Crippen LogP contribution in [0, 0.1) is 0 Å². The first kappa shape index (κ1) is 35.0. The van der Waals surface area contributed by atoms with Crippen LogP contribution in [0.15, 0.2) is 243 Å². The Bertz CT molecular complexity index is 3420. The number of aromatic nitrogens is 1. The van der Waals surface area contributed by atoms with E-state index in [4.69, 9.17) is 0 Å². The normalized spacial score (nSPS) is 14.3. The van der Waals surface area contributed by atoms with Crippen molar-refractivity contribution in [3.63, 3.8) is 0 Å². The predicted molar refractivity (Wildman–Crippen MR) is 256 cm³/mol. The summed E-state index contributed by atoms with van der Waals surface area (Å²) in [6.07, 6.45) is 0. The van der Waals surface area contributed by atoms with Crippen LogP contribution in [-0.2, 0) is 5.41 Å². The summed E-state index contributed by atoms with van der Waals surface area (Å²) in [6, 6.07) is 89.3. The van der Waals surface area contributed by atoms with Gasteiger partial charge in [0.1, 0.15) is 0 Å². The van der Waals surface area contributed by atoms with Crippen molar-refractivity contribution in [3.05, 3.63) is 265 Å². The lowest BCUT2D eigenvalue weighted by molar-refractivity contribution is 0.770. The van der Waals surface area contributed by atoms with Crippen LogP contribution in [0.4, 0.5) is 17.1 Å². The predicted octanol–water partition coefficient (Wildman–Crippen LogP) is 15.4. The van der Waals surface area contributed by atoms with Crippen molar-refractivity contribution in [1.82, 2.24) is 4.57 Å². The van der Waals surface area contributed by atoms with Gasteiger partial charge >= 0.3 is 0 Å². The number of fused-ring (bicyclic) bond motifs is 7. The fourth-order valence-electron chi connectivity index (χ4n) is 10.2. The van der Waals surface area contributed by atoms with Gasteiger partial charge < -0.3 is 9.47 Å². The smallest absolute Gasteiger partial charge is 0.0720 e. The van der Waals surface area contributed by atoms with Gasteiger partial charge in [-0.05, 0) is 110 Å². The molecular formula is C59H40N2. The molecule has 1 heterocycles. The quantitative estimate of drug-likeness (QED) is 0.156. The fourth-order valence-corrected chi connectivity index (χ4v) is 10.2. The molecule has 61 heavy (non-hydrogen) atoms. The third-order valence-electron chi connectivity index (χ3n) is 12.8. The van der Waals surface area contributed by atoms with Gasteiger partial charge in [0.15, 0.2) is 0 Å². The maximum Gasteiger partial charge on any atom is 0.0720 e. The molecule has 0 saturated carbocycles. The Morgan fingerprint density at radius 3 is 1.67 bits per heavy atom. The maximum atomic E-state index is 2.48. The lowest BCUT2D eigenvalue weighted by atomic mass is 9.66. The molecule has 0 fully saturated rings. The van der Waals surface area contributed by atoms with Gasteiger partial charge in [-0.25, -0.2) is 0 Å². The highest BCUT2D eigenvalue weighted by molar-refractivity contribution is 6.10. The van der Waals surface area contributed by atoms with Gasteiger partial charge in [-0.15, -0.1) is 0 Å². The van der Waals surface area contributed by atoms with Crippen molar-refractivity contribution in [2.75, 3.05) is 4.90 Å². The van der Waals surface area contributed by atoms with E-state index in [2.05, 4.69) is 252 Å². The lowest BCUT2D eigenvalue weighted by Crippen LogP contribution is -2.29. The first-order valence-corrected chi connectivity index (χ1v) is 21.1. The first-order valence-electron chi connectivity index (χ1n) is 21.1. The topological polar surface area (TPSA) is 8.17 Å². The summed E-state index contributed by atoms with van der Waals surface area (Å²) in [7, 11) is 0. The second kappa shape index (κ2) is 14.1. The Balaban J connectivity index is 1.16. The van der Waals surface area contributed by atoms with Crippen molar-refractivity contribution in [2.45, 2.75) is 5.41 Å². The van der Waals surface area contributed by atoms with Crippen LogP contribution in [0.5, 0.6) is 0 Å². The van der Waals surface area contributed by atoms with Crippen LogP contribution >= 0.6 is 0 Å². The molecule has 0 radical (unpaired) electrons. The highest BCUT2D eigenvalue weighted by Crippen LogP contribution is 2.59. The number of hydrogen-bond donors (Lipinski definition) is 0. The van der Waals surface area contributed by atoms with E-state index in [1.165, 1.54) is 77.1 Å². The molecule has 1 aliphatic rings. The third kappa shape index (κ3) is 5.43. The van der Waals surface area contributed by atoms with Crippen molar-refractivity contribution in [2.24, 2.45) is 0 Å². The van der Waals surface area contributed by atoms with Gasteiger partial charge in [0.2, 0.25) is 0 Å². The van der Waals surface area contributed by atoms with Crippen molar-refractivity contribution in [3.8, 4) is 27.9 Å². The second-order valence-corrected chi connectivity index (χ2v) is 16.1. The molecule has 1 unspecified atom stereocenters. The van der Waals surface area contributed by atoms with E-state index >= 15 is 0 Å². The van der Waals surface area contributed by atoms with E-state index in [1.54, 1.807) is 0 Å². The number of anilines is 3. The number of para-hydroxylation sites is 2. The van der Waals surface area contributed by atoms with E-state index in [-0.39, 0.29) is 0 Å². The van der Waals surface area contributed by atoms with Crippen LogP contribution in [0.25, 0.3) is 60.5 Å². The average Bonchev–Trinajstić information content (AvgIpc) is 3.82. The summed E-state index contributed by atoms with van der Waals surface area (Å²) in [6.45, 7) is 0. The first-order chi connectivity index (χ1) is 30.3. The van der Waals surface area contributed by atoms with Crippen LogP contribution in [0.2, 0.25) is 0 Å². The van der Waals surface area contributed by atoms with Crippen LogP contribution < -0.4 is 4.90 Å². The lowest BCUT2D eigenvalue weighted by Gasteiger charge is -2.36. The molecule has 0 spiro atoms. The SMILES string of the molecule is c1ccc(-c2ccccc2C2(c3ccccc3)c3ccccc3-c3ccc(N(c4ccc5ccccc5c4)c4ccc5c6ccccc6n(-c6ccccc6)c5c4)cc32)cc1. The molecule has 10 aromatic carbocycles. The van der Waals surface area contributed by atoms with Crippen molar-refractivity contribution >= 4 is 49.6 Å². The maximum absolute atomic E-state index is 2.48. The Morgan fingerprint density at radius 2 is 0.869 bits per heavy atom. The Labute approximate surface area is 355 Å². The van der Waals surface area contributed by atoms with E-state index in [1.807, 2.05) is 0 Å². The summed E-state index contributed by atoms with van der Waals surface area (Å²) >= 11 is 0. The van der Waals surface area contributed by atoms with E-state index < -0.39 is 5.41 Å². The van der Waals surface area contributed by atoms with Gasteiger partial charge in [-0.1, -0.05) is 188 Å². The monoisotopic (exact) mass is 776 g/mol. The van der Waals surface area contributed by atoms with E-state index in [0.717, 1.165) is 22.7 Å². The Hall–Kier alpha value is -7.94. The average molecular weight is 777 g/mol. The van der Waals surface area contributed by atoms with Crippen molar-refractivity contribution < 1.29 is 0 Å². The molecule has 0 bridgehead atoms. The third-order valence-corrected chi connectivity index (χ3v) is 12.8. The number of benzene rings is 10. The minimum absolute atomic E-state index is 0.603. The summed E-state index contributed by atoms with van der Waals surface area (Å²) < 4.78 is 2.41. The summed E-state index contributed by atoms with van der Waals surface area (Å²) in [4.78, 5) is 2.46. The van der Waals surface area contributed by atoms with Crippen molar-refractivity contribution in [1.29, 1.82) is 0 Å². The second-order valence-electron chi connectivity index (χ2n) is 16.1. The minimum atomic E-state index is -0.603. The number of rotatable bonds is 7.